The Morgan fingerprint density at radius 1 is 1.42 bits per heavy atom. The van der Waals surface area contributed by atoms with E-state index in [9.17, 15) is 13.2 Å². The molecule has 1 atom stereocenters. The van der Waals surface area contributed by atoms with Crippen LogP contribution in [0.5, 0.6) is 5.75 Å². The number of benzene rings is 1. The van der Waals surface area contributed by atoms with Crippen molar-refractivity contribution < 1.29 is 23.1 Å². The minimum atomic E-state index is -3.78. The number of carboxylic acid groups (broad SMARTS) is 1. The molecule has 0 radical (unpaired) electrons. The highest BCUT2D eigenvalue weighted by Gasteiger charge is 2.22. The topological polar surface area (TPSA) is 92.7 Å². The third-order valence-electron chi connectivity index (χ3n) is 2.72. The van der Waals surface area contributed by atoms with Gasteiger partial charge in [0.2, 0.25) is 10.0 Å². The minimum Gasteiger partial charge on any atom is -0.495 e. The van der Waals surface area contributed by atoms with Gasteiger partial charge in [0.05, 0.1) is 13.0 Å². The lowest BCUT2D eigenvalue weighted by Crippen LogP contribution is -2.32. The molecule has 6 nitrogen and oxygen atoms in total. The second-order valence-electron chi connectivity index (χ2n) is 3.95. The summed E-state index contributed by atoms with van der Waals surface area (Å²) in [4.78, 5) is 10.8. The van der Waals surface area contributed by atoms with Gasteiger partial charge in [-0.1, -0.05) is 19.1 Å². The van der Waals surface area contributed by atoms with Gasteiger partial charge < -0.3 is 9.84 Å². The van der Waals surface area contributed by atoms with Crippen LogP contribution in [0, 0.1) is 5.92 Å². The number of hydrogen-bond donors (Lipinski definition) is 2. The van der Waals surface area contributed by atoms with E-state index in [4.69, 9.17) is 9.84 Å². The summed E-state index contributed by atoms with van der Waals surface area (Å²) >= 11 is 0. The van der Waals surface area contributed by atoms with Crippen molar-refractivity contribution >= 4 is 16.0 Å². The Morgan fingerprint density at radius 3 is 2.58 bits per heavy atom. The van der Waals surface area contributed by atoms with Crippen LogP contribution in [0.1, 0.15) is 13.3 Å². The number of carboxylic acids is 1. The number of para-hydroxylation sites is 1. The molecule has 0 bridgehead atoms. The Kier molecular flexibility index (Phi) is 5.31. The van der Waals surface area contributed by atoms with Gasteiger partial charge in [-0.25, -0.2) is 13.1 Å². The highest BCUT2D eigenvalue weighted by atomic mass is 32.2. The maximum atomic E-state index is 12.1. The molecule has 0 aliphatic rings. The Balaban J connectivity index is 2.90. The van der Waals surface area contributed by atoms with Gasteiger partial charge in [-0.05, 0) is 18.6 Å². The SMILES string of the molecule is CCC(CNS(=O)(=O)c1ccccc1OC)C(=O)O. The fourth-order valence-corrected chi connectivity index (χ4v) is 2.79. The second-order valence-corrected chi connectivity index (χ2v) is 5.68. The average molecular weight is 287 g/mol. The molecule has 1 rings (SSSR count). The van der Waals surface area contributed by atoms with Gasteiger partial charge in [0.25, 0.3) is 0 Å². The number of carbonyl (C=O) groups is 1. The minimum absolute atomic E-state index is 0.00209. The van der Waals surface area contributed by atoms with Crippen LogP contribution in [-0.4, -0.2) is 33.1 Å². The van der Waals surface area contributed by atoms with E-state index in [0.717, 1.165) is 0 Å². The third-order valence-corrected chi connectivity index (χ3v) is 4.18. The molecule has 0 amide bonds. The predicted octanol–water partition coefficient (Wildman–Crippen LogP) is 1.08. The van der Waals surface area contributed by atoms with E-state index in [1.165, 1.54) is 19.2 Å². The number of nitrogens with one attached hydrogen (secondary N) is 1. The molecule has 1 aromatic rings. The lowest BCUT2D eigenvalue weighted by atomic mass is 10.1. The van der Waals surface area contributed by atoms with Crippen LogP contribution >= 0.6 is 0 Å². The van der Waals surface area contributed by atoms with Crippen molar-refractivity contribution in [2.24, 2.45) is 5.92 Å². The molecule has 0 spiro atoms. The van der Waals surface area contributed by atoms with Crippen LogP contribution in [0.25, 0.3) is 0 Å². The number of rotatable bonds is 7. The average Bonchev–Trinajstić information content (AvgIpc) is 2.38. The van der Waals surface area contributed by atoms with Crippen LogP contribution in [0.3, 0.4) is 0 Å². The Hall–Kier alpha value is -1.60. The van der Waals surface area contributed by atoms with Gasteiger partial charge in [-0.3, -0.25) is 4.79 Å². The van der Waals surface area contributed by atoms with Crippen LogP contribution < -0.4 is 9.46 Å². The fourth-order valence-electron chi connectivity index (χ4n) is 1.54. The van der Waals surface area contributed by atoms with Crippen molar-refractivity contribution in [3.8, 4) is 5.75 Å². The number of sulfonamides is 1. The molecule has 0 saturated carbocycles. The molecule has 1 unspecified atom stereocenters. The van der Waals surface area contributed by atoms with Gasteiger partial charge >= 0.3 is 5.97 Å². The number of hydrogen-bond acceptors (Lipinski definition) is 4. The van der Waals surface area contributed by atoms with Crippen molar-refractivity contribution in [2.75, 3.05) is 13.7 Å². The lowest BCUT2D eigenvalue weighted by molar-refractivity contribution is -0.141. The smallest absolute Gasteiger partial charge is 0.307 e. The van der Waals surface area contributed by atoms with Crippen LogP contribution in [0.4, 0.5) is 0 Å². The molecular weight excluding hydrogens is 270 g/mol. The number of ether oxygens (including phenoxy) is 1. The molecule has 0 heterocycles. The summed E-state index contributed by atoms with van der Waals surface area (Å²) in [6.07, 6.45) is 0.351. The zero-order valence-electron chi connectivity index (χ0n) is 10.8. The normalized spacial score (nSPS) is 12.9. The standard InChI is InChI=1S/C12H17NO5S/c1-3-9(12(14)15)8-13-19(16,17)11-7-5-4-6-10(11)18-2/h4-7,9,13H,3,8H2,1-2H3,(H,14,15). The fraction of sp³-hybridized carbons (Fsp3) is 0.417. The molecule has 2 N–H and O–H groups in total. The summed E-state index contributed by atoms with van der Waals surface area (Å²) in [5.41, 5.74) is 0. The van der Waals surface area contributed by atoms with E-state index in [-0.39, 0.29) is 17.2 Å². The molecule has 0 aromatic heterocycles. The first-order valence-corrected chi connectivity index (χ1v) is 7.26. The first kappa shape index (κ1) is 15.5. The Bertz CT molecular complexity index is 541. The van der Waals surface area contributed by atoms with E-state index in [1.54, 1.807) is 19.1 Å². The summed E-state index contributed by atoms with van der Waals surface area (Å²) in [7, 11) is -2.40. The van der Waals surface area contributed by atoms with E-state index >= 15 is 0 Å². The summed E-state index contributed by atoms with van der Waals surface area (Å²) < 4.78 is 31.4. The predicted molar refractivity (Wildman–Crippen MR) is 69.6 cm³/mol. The molecule has 0 fully saturated rings. The van der Waals surface area contributed by atoms with Crippen molar-refractivity contribution in [3.05, 3.63) is 24.3 Å². The second kappa shape index (κ2) is 6.53. The van der Waals surface area contributed by atoms with Crippen molar-refractivity contribution in [3.63, 3.8) is 0 Å². The Morgan fingerprint density at radius 2 is 2.05 bits per heavy atom. The van der Waals surface area contributed by atoms with Crippen molar-refractivity contribution in [1.29, 1.82) is 0 Å². The van der Waals surface area contributed by atoms with Gasteiger partial charge in [0, 0.05) is 6.54 Å². The maximum Gasteiger partial charge on any atom is 0.307 e. The van der Waals surface area contributed by atoms with Crippen LogP contribution in [0.15, 0.2) is 29.2 Å². The summed E-state index contributed by atoms with van der Waals surface area (Å²) in [6, 6.07) is 6.17. The Labute approximate surface area is 112 Å². The van der Waals surface area contributed by atoms with E-state index in [2.05, 4.69) is 4.72 Å². The van der Waals surface area contributed by atoms with Crippen LogP contribution in [-0.2, 0) is 14.8 Å². The molecule has 19 heavy (non-hydrogen) atoms. The molecule has 7 heteroatoms. The first-order valence-electron chi connectivity index (χ1n) is 5.77. The number of methoxy groups -OCH3 is 1. The van der Waals surface area contributed by atoms with E-state index < -0.39 is 21.9 Å². The summed E-state index contributed by atoms with van der Waals surface area (Å²) in [5.74, 6) is -1.55. The van der Waals surface area contributed by atoms with E-state index in [0.29, 0.717) is 6.42 Å². The molecule has 1 aromatic carbocycles. The van der Waals surface area contributed by atoms with Gasteiger partial charge in [0.1, 0.15) is 10.6 Å². The van der Waals surface area contributed by atoms with Crippen molar-refractivity contribution in [1.82, 2.24) is 4.72 Å². The molecular formula is C12H17NO5S. The quantitative estimate of drug-likeness (QED) is 0.783. The van der Waals surface area contributed by atoms with Gasteiger partial charge in [-0.15, -0.1) is 0 Å². The largest absolute Gasteiger partial charge is 0.495 e. The summed E-state index contributed by atoms with van der Waals surface area (Å²) in [6.45, 7) is 1.54. The third kappa shape index (κ3) is 3.93. The van der Waals surface area contributed by atoms with Crippen molar-refractivity contribution in [2.45, 2.75) is 18.2 Å². The zero-order valence-corrected chi connectivity index (χ0v) is 11.6. The highest BCUT2D eigenvalue weighted by Crippen LogP contribution is 2.22. The monoisotopic (exact) mass is 287 g/mol. The molecule has 0 aliphatic carbocycles. The lowest BCUT2D eigenvalue weighted by Gasteiger charge is -2.13. The van der Waals surface area contributed by atoms with Crippen LogP contribution in [0.2, 0.25) is 0 Å². The zero-order chi connectivity index (χ0) is 14.5. The first-order chi connectivity index (χ1) is 8.92. The van der Waals surface area contributed by atoms with Gasteiger partial charge in [0.15, 0.2) is 0 Å². The molecule has 0 saturated heterocycles. The maximum absolute atomic E-state index is 12.1. The van der Waals surface area contributed by atoms with Gasteiger partial charge in [-0.2, -0.15) is 0 Å². The molecule has 106 valence electrons. The van der Waals surface area contributed by atoms with E-state index in [1.807, 2.05) is 0 Å². The highest BCUT2D eigenvalue weighted by molar-refractivity contribution is 7.89. The number of aliphatic carboxylic acids is 1. The molecule has 0 aliphatic heterocycles. The summed E-state index contributed by atoms with van der Waals surface area (Å²) in [5, 5.41) is 8.88.